The van der Waals surface area contributed by atoms with Crippen molar-refractivity contribution in [1.29, 1.82) is 0 Å². The molecule has 148 valence electrons. The van der Waals surface area contributed by atoms with Gasteiger partial charge in [0.2, 0.25) is 12.7 Å². The number of thioether (sulfide) groups is 1. The van der Waals surface area contributed by atoms with E-state index < -0.39 is 0 Å². The van der Waals surface area contributed by atoms with E-state index in [0.717, 1.165) is 17.0 Å². The average Bonchev–Trinajstić information content (AvgIpc) is 3.13. The number of rotatable bonds is 3. The average molecular weight is 401 g/mol. The van der Waals surface area contributed by atoms with E-state index in [1.54, 1.807) is 10.6 Å². The number of nitrogens with one attached hydrogen (secondary N) is 1. The SMILES string of the molecule is CC(C)(C)c1cc(=O)n2c(n1)SCC(C(=O)NCc1ccc3c(c1)OCO3)C2. The molecular weight excluding hydrogens is 378 g/mol. The summed E-state index contributed by atoms with van der Waals surface area (Å²) < 4.78 is 12.3. The number of nitrogens with zero attached hydrogens (tertiary/aromatic N) is 2. The molecule has 1 unspecified atom stereocenters. The minimum atomic E-state index is -0.272. The lowest BCUT2D eigenvalue weighted by molar-refractivity contribution is -0.125. The van der Waals surface area contributed by atoms with Gasteiger partial charge in [0.1, 0.15) is 0 Å². The monoisotopic (exact) mass is 401 g/mol. The van der Waals surface area contributed by atoms with Crippen LogP contribution in [0, 0.1) is 5.92 Å². The molecule has 0 bridgehead atoms. The second kappa shape index (κ2) is 7.16. The topological polar surface area (TPSA) is 82.5 Å². The summed E-state index contributed by atoms with van der Waals surface area (Å²) in [6, 6.07) is 7.20. The second-order valence-corrected chi connectivity index (χ2v) is 9.02. The fourth-order valence-corrected chi connectivity index (χ4v) is 4.23. The van der Waals surface area contributed by atoms with Crippen LogP contribution in [0.1, 0.15) is 32.0 Å². The quantitative estimate of drug-likeness (QED) is 0.795. The van der Waals surface area contributed by atoms with E-state index in [4.69, 9.17) is 9.47 Å². The van der Waals surface area contributed by atoms with Crippen molar-refractivity contribution >= 4 is 17.7 Å². The molecule has 1 aromatic carbocycles. The fourth-order valence-electron chi connectivity index (χ4n) is 3.14. The molecule has 2 aromatic rings. The Labute approximate surface area is 167 Å². The molecule has 4 rings (SSSR count). The lowest BCUT2D eigenvalue weighted by atomic mass is 9.92. The maximum atomic E-state index is 12.6. The number of ether oxygens (including phenoxy) is 2. The summed E-state index contributed by atoms with van der Waals surface area (Å²) in [6.07, 6.45) is 0. The molecule has 0 aliphatic carbocycles. The second-order valence-electron chi connectivity index (χ2n) is 8.04. The predicted octanol–water partition coefficient (Wildman–Crippen LogP) is 2.31. The molecule has 1 amide bonds. The first kappa shape index (κ1) is 18.9. The molecule has 0 fully saturated rings. The third kappa shape index (κ3) is 3.73. The molecule has 7 nitrogen and oxygen atoms in total. The van der Waals surface area contributed by atoms with Crippen molar-refractivity contribution in [1.82, 2.24) is 14.9 Å². The summed E-state index contributed by atoms with van der Waals surface area (Å²) in [5.74, 6) is 1.68. The molecule has 0 radical (unpaired) electrons. The summed E-state index contributed by atoms with van der Waals surface area (Å²) in [6.45, 7) is 7.08. The van der Waals surface area contributed by atoms with Gasteiger partial charge in [-0.1, -0.05) is 38.6 Å². The summed E-state index contributed by atoms with van der Waals surface area (Å²) in [5, 5.41) is 3.65. The third-order valence-corrected chi connectivity index (χ3v) is 5.97. The molecule has 3 heterocycles. The van der Waals surface area contributed by atoms with Crippen LogP contribution >= 0.6 is 11.8 Å². The van der Waals surface area contributed by atoms with Gasteiger partial charge in [-0.3, -0.25) is 14.2 Å². The molecule has 0 spiro atoms. The normalized spacial score (nSPS) is 17.9. The molecule has 1 N–H and O–H groups in total. The van der Waals surface area contributed by atoms with Gasteiger partial charge in [-0.15, -0.1) is 0 Å². The first-order valence-corrected chi connectivity index (χ1v) is 10.2. The highest BCUT2D eigenvalue weighted by Gasteiger charge is 2.28. The standard InChI is InChI=1S/C20H23N3O4S/c1-20(2,3)16-7-17(24)23-9-13(10-28-19(23)22-16)18(25)21-8-12-4-5-14-15(6-12)27-11-26-14/h4-7,13H,8-11H2,1-3H3,(H,21,25). The summed E-state index contributed by atoms with van der Waals surface area (Å²) in [4.78, 5) is 29.8. The highest BCUT2D eigenvalue weighted by Crippen LogP contribution is 2.32. The van der Waals surface area contributed by atoms with Gasteiger partial charge in [0.25, 0.3) is 5.56 Å². The third-order valence-electron chi connectivity index (χ3n) is 4.83. The highest BCUT2D eigenvalue weighted by molar-refractivity contribution is 7.99. The molecule has 0 saturated carbocycles. The van der Waals surface area contributed by atoms with Crippen LogP contribution in [-0.2, 0) is 23.3 Å². The van der Waals surface area contributed by atoms with Crippen molar-refractivity contribution in [2.45, 2.75) is 44.4 Å². The van der Waals surface area contributed by atoms with E-state index in [9.17, 15) is 9.59 Å². The van der Waals surface area contributed by atoms with Crippen LogP contribution in [-0.4, -0.2) is 28.0 Å². The molecule has 2 aliphatic rings. The first-order chi connectivity index (χ1) is 13.3. The summed E-state index contributed by atoms with van der Waals surface area (Å²) in [7, 11) is 0. The number of benzene rings is 1. The Balaban J connectivity index is 1.42. The Morgan fingerprint density at radius 1 is 1.29 bits per heavy atom. The number of aromatic nitrogens is 2. The van der Waals surface area contributed by atoms with Crippen molar-refractivity contribution in [3.63, 3.8) is 0 Å². The summed E-state index contributed by atoms with van der Waals surface area (Å²) >= 11 is 1.46. The van der Waals surface area contributed by atoms with Gasteiger partial charge >= 0.3 is 0 Å². The molecule has 28 heavy (non-hydrogen) atoms. The molecular formula is C20H23N3O4S. The van der Waals surface area contributed by atoms with Gasteiger partial charge in [-0.05, 0) is 17.7 Å². The van der Waals surface area contributed by atoms with Crippen LogP contribution in [0.25, 0.3) is 0 Å². The van der Waals surface area contributed by atoms with Crippen molar-refractivity contribution in [2.75, 3.05) is 12.5 Å². The lowest BCUT2D eigenvalue weighted by Crippen LogP contribution is -2.40. The minimum Gasteiger partial charge on any atom is -0.454 e. The number of hydrogen-bond donors (Lipinski definition) is 1. The number of amides is 1. The zero-order chi connectivity index (χ0) is 19.9. The molecule has 1 aromatic heterocycles. The predicted molar refractivity (Wildman–Crippen MR) is 106 cm³/mol. The van der Waals surface area contributed by atoms with Crippen LogP contribution in [0.3, 0.4) is 0 Å². The maximum absolute atomic E-state index is 12.6. The van der Waals surface area contributed by atoms with E-state index in [1.165, 1.54) is 11.8 Å². The Hall–Kier alpha value is -2.48. The van der Waals surface area contributed by atoms with Crippen molar-refractivity contribution in [3.05, 3.63) is 45.9 Å². The van der Waals surface area contributed by atoms with E-state index >= 15 is 0 Å². The Morgan fingerprint density at radius 2 is 2.07 bits per heavy atom. The van der Waals surface area contributed by atoms with Gasteiger partial charge in [-0.2, -0.15) is 0 Å². The van der Waals surface area contributed by atoms with Gasteiger partial charge in [-0.25, -0.2) is 4.98 Å². The number of carbonyl (C=O) groups excluding carboxylic acids is 1. The summed E-state index contributed by atoms with van der Waals surface area (Å²) in [5.41, 5.74) is 1.43. The smallest absolute Gasteiger partial charge is 0.254 e. The van der Waals surface area contributed by atoms with Crippen LogP contribution in [0.5, 0.6) is 11.5 Å². The zero-order valence-corrected chi connectivity index (χ0v) is 17.0. The van der Waals surface area contributed by atoms with Gasteiger partial charge in [0.05, 0.1) is 11.6 Å². The lowest BCUT2D eigenvalue weighted by Gasteiger charge is -2.26. The number of fused-ring (bicyclic) bond motifs is 2. The Kier molecular flexibility index (Phi) is 4.82. The van der Waals surface area contributed by atoms with Crippen LogP contribution in [0.15, 0.2) is 34.2 Å². The molecule has 0 saturated heterocycles. The van der Waals surface area contributed by atoms with Gasteiger partial charge in [0.15, 0.2) is 16.7 Å². The van der Waals surface area contributed by atoms with Gasteiger partial charge in [0, 0.05) is 30.3 Å². The number of hydrogen-bond acceptors (Lipinski definition) is 6. The Morgan fingerprint density at radius 3 is 2.86 bits per heavy atom. The zero-order valence-electron chi connectivity index (χ0n) is 16.2. The van der Waals surface area contributed by atoms with Crippen LogP contribution in [0.2, 0.25) is 0 Å². The van der Waals surface area contributed by atoms with E-state index in [1.807, 2.05) is 39.0 Å². The molecule has 1 atom stereocenters. The minimum absolute atomic E-state index is 0.0670. The maximum Gasteiger partial charge on any atom is 0.254 e. The Bertz CT molecular complexity index is 980. The van der Waals surface area contributed by atoms with E-state index in [-0.39, 0.29) is 29.6 Å². The van der Waals surface area contributed by atoms with Crippen molar-refractivity contribution in [2.24, 2.45) is 5.92 Å². The largest absolute Gasteiger partial charge is 0.454 e. The molecule has 8 heteroatoms. The first-order valence-electron chi connectivity index (χ1n) is 9.22. The van der Waals surface area contributed by atoms with Gasteiger partial charge < -0.3 is 14.8 Å². The highest BCUT2D eigenvalue weighted by atomic mass is 32.2. The number of carbonyl (C=O) groups is 1. The van der Waals surface area contributed by atoms with E-state index in [0.29, 0.717) is 29.7 Å². The van der Waals surface area contributed by atoms with E-state index in [2.05, 4.69) is 10.3 Å². The van der Waals surface area contributed by atoms with Crippen LogP contribution < -0.4 is 20.3 Å². The molecule has 2 aliphatic heterocycles. The van der Waals surface area contributed by atoms with Crippen molar-refractivity contribution in [3.8, 4) is 11.5 Å². The van der Waals surface area contributed by atoms with Crippen molar-refractivity contribution < 1.29 is 14.3 Å². The van der Waals surface area contributed by atoms with Crippen LogP contribution in [0.4, 0.5) is 0 Å². The fraction of sp³-hybridized carbons (Fsp3) is 0.450.